The molecule has 1 aliphatic rings. The van der Waals surface area contributed by atoms with Crippen molar-refractivity contribution in [2.45, 2.75) is 52.0 Å². The maximum atomic E-state index is 12.4. The van der Waals surface area contributed by atoms with Gasteiger partial charge in [0.05, 0.1) is 19.1 Å². The Labute approximate surface area is 176 Å². The summed E-state index contributed by atoms with van der Waals surface area (Å²) in [7, 11) is 2.15. The number of nitrogens with one attached hydrogen (secondary N) is 1. The van der Waals surface area contributed by atoms with Crippen LogP contribution in [0.4, 0.5) is 0 Å². The smallest absolute Gasteiger partial charge is 0.227 e. The highest BCUT2D eigenvalue weighted by molar-refractivity contribution is 14.0. The van der Waals surface area contributed by atoms with Gasteiger partial charge in [0.1, 0.15) is 0 Å². The van der Waals surface area contributed by atoms with Crippen LogP contribution in [0.5, 0.6) is 0 Å². The van der Waals surface area contributed by atoms with Crippen molar-refractivity contribution in [3.63, 3.8) is 0 Å². The summed E-state index contributed by atoms with van der Waals surface area (Å²) in [5, 5.41) is 3.08. The molecule has 1 unspecified atom stereocenters. The SMILES string of the molecule is CC(C)Cc1ccc(C(C)C(=O)NCCC[C@@H]2COCCN2C)cc1.I. The number of carbonyl (C=O) groups excluding carboxylic acids is 1. The minimum Gasteiger partial charge on any atom is -0.378 e. The van der Waals surface area contributed by atoms with Crippen LogP contribution in [0.2, 0.25) is 0 Å². The molecular weight excluding hydrogens is 439 g/mol. The number of carbonyl (C=O) groups is 1. The zero-order valence-corrected chi connectivity index (χ0v) is 19.0. The summed E-state index contributed by atoms with van der Waals surface area (Å²) in [4.78, 5) is 14.7. The van der Waals surface area contributed by atoms with E-state index in [-0.39, 0.29) is 35.8 Å². The van der Waals surface area contributed by atoms with Gasteiger partial charge in [0, 0.05) is 19.1 Å². The molecule has 1 aromatic rings. The second kappa shape index (κ2) is 11.9. The van der Waals surface area contributed by atoms with E-state index < -0.39 is 0 Å². The Kier molecular flexibility index (Phi) is 10.7. The first-order valence-corrected chi connectivity index (χ1v) is 9.62. The van der Waals surface area contributed by atoms with Gasteiger partial charge in [0.25, 0.3) is 0 Å². The quantitative estimate of drug-likeness (QED) is 0.460. The molecule has 0 aliphatic carbocycles. The van der Waals surface area contributed by atoms with Crippen LogP contribution in [0.25, 0.3) is 0 Å². The summed E-state index contributed by atoms with van der Waals surface area (Å²) in [6.45, 7) is 9.80. The van der Waals surface area contributed by atoms with E-state index in [0.717, 1.165) is 51.1 Å². The Morgan fingerprint density at radius 3 is 2.58 bits per heavy atom. The average molecular weight is 474 g/mol. The monoisotopic (exact) mass is 474 g/mol. The first-order chi connectivity index (χ1) is 12.0. The molecule has 26 heavy (non-hydrogen) atoms. The molecule has 148 valence electrons. The predicted octanol–water partition coefficient (Wildman–Crippen LogP) is 3.83. The Balaban J connectivity index is 0.00000338. The highest BCUT2D eigenvalue weighted by Crippen LogP contribution is 2.18. The zero-order chi connectivity index (χ0) is 18.2. The van der Waals surface area contributed by atoms with Crippen molar-refractivity contribution in [1.29, 1.82) is 0 Å². The number of ether oxygens (including phenoxy) is 1. The summed E-state index contributed by atoms with van der Waals surface area (Å²) in [6.07, 6.45) is 3.14. The van der Waals surface area contributed by atoms with Crippen LogP contribution in [0.3, 0.4) is 0 Å². The topological polar surface area (TPSA) is 41.6 Å². The number of halogens is 1. The number of nitrogens with zero attached hydrogens (tertiary/aromatic N) is 1. The van der Waals surface area contributed by atoms with Crippen LogP contribution in [-0.4, -0.2) is 50.2 Å². The number of likely N-dealkylation sites (N-methyl/N-ethyl adjacent to an activating group) is 1. The van der Waals surface area contributed by atoms with E-state index in [1.807, 2.05) is 6.92 Å². The van der Waals surface area contributed by atoms with Crippen molar-refractivity contribution in [3.05, 3.63) is 35.4 Å². The van der Waals surface area contributed by atoms with Crippen LogP contribution >= 0.6 is 24.0 Å². The van der Waals surface area contributed by atoms with E-state index in [9.17, 15) is 4.79 Å². The van der Waals surface area contributed by atoms with Crippen molar-refractivity contribution < 1.29 is 9.53 Å². The summed E-state index contributed by atoms with van der Waals surface area (Å²) in [5.74, 6) is 0.666. The molecule has 1 saturated heterocycles. The minimum atomic E-state index is -0.103. The first kappa shape index (κ1) is 23.4. The highest BCUT2D eigenvalue weighted by Gasteiger charge is 2.19. The Bertz CT molecular complexity index is 533. The normalized spacial score (nSPS) is 19.0. The van der Waals surface area contributed by atoms with Gasteiger partial charge in [0.15, 0.2) is 0 Å². The molecule has 1 aliphatic heterocycles. The number of hydrogen-bond acceptors (Lipinski definition) is 3. The van der Waals surface area contributed by atoms with Gasteiger partial charge in [-0.25, -0.2) is 0 Å². The van der Waals surface area contributed by atoms with Crippen molar-refractivity contribution in [2.75, 3.05) is 33.4 Å². The summed E-state index contributed by atoms with van der Waals surface area (Å²) in [5.41, 5.74) is 2.43. The molecule has 0 spiro atoms. The minimum absolute atomic E-state index is 0. The molecule has 0 aromatic heterocycles. The van der Waals surface area contributed by atoms with Gasteiger partial charge < -0.3 is 10.1 Å². The van der Waals surface area contributed by atoms with Crippen molar-refractivity contribution in [2.24, 2.45) is 5.92 Å². The molecule has 2 rings (SSSR count). The van der Waals surface area contributed by atoms with Gasteiger partial charge in [-0.2, -0.15) is 0 Å². The third kappa shape index (κ3) is 7.53. The number of hydrogen-bond donors (Lipinski definition) is 1. The average Bonchev–Trinajstić information content (AvgIpc) is 2.59. The Morgan fingerprint density at radius 1 is 1.27 bits per heavy atom. The third-order valence-corrected chi connectivity index (χ3v) is 5.05. The number of benzene rings is 1. The lowest BCUT2D eigenvalue weighted by atomic mass is 9.96. The molecule has 1 N–H and O–H groups in total. The van der Waals surface area contributed by atoms with Gasteiger partial charge >= 0.3 is 0 Å². The largest absolute Gasteiger partial charge is 0.378 e. The Hall–Kier alpha value is -0.660. The molecule has 2 atom stereocenters. The second-order valence-corrected chi connectivity index (χ2v) is 7.70. The summed E-state index contributed by atoms with van der Waals surface area (Å²) < 4.78 is 5.53. The summed E-state index contributed by atoms with van der Waals surface area (Å²) >= 11 is 0. The standard InChI is InChI=1S/C21H34N2O2.HI/c1-16(2)14-18-7-9-19(10-8-18)17(3)21(24)22-11-5-6-20-15-25-13-12-23(20)4;/h7-10,16-17,20H,5-6,11-15H2,1-4H3,(H,22,24);1H/t17?,20-;/m1./s1. The molecule has 4 nitrogen and oxygen atoms in total. The maximum absolute atomic E-state index is 12.4. The number of amides is 1. The van der Waals surface area contributed by atoms with Crippen molar-refractivity contribution in [3.8, 4) is 0 Å². The van der Waals surface area contributed by atoms with E-state index in [1.54, 1.807) is 0 Å². The molecule has 1 fully saturated rings. The highest BCUT2D eigenvalue weighted by atomic mass is 127. The fourth-order valence-electron chi connectivity index (χ4n) is 3.31. The van der Waals surface area contributed by atoms with Gasteiger partial charge in [-0.05, 0) is 50.3 Å². The molecule has 0 saturated carbocycles. The fourth-order valence-corrected chi connectivity index (χ4v) is 3.31. The molecule has 1 heterocycles. The van der Waals surface area contributed by atoms with Crippen LogP contribution < -0.4 is 5.32 Å². The molecule has 1 aromatic carbocycles. The molecule has 0 radical (unpaired) electrons. The van der Waals surface area contributed by atoms with Crippen LogP contribution in [-0.2, 0) is 16.0 Å². The second-order valence-electron chi connectivity index (χ2n) is 7.70. The molecule has 1 amide bonds. The third-order valence-electron chi connectivity index (χ3n) is 5.05. The van der Waals surface area contributed by atoms with Crippen LogP contribution in [0.15, 0.2) is 24.3 Å². The van der Waals surface area contributed by atoms with E-state index >= 15 is 0 Å². The molecule has 5 heteroatoms. The lowest BCUT2D eigenvalue weighted by molar-refractivity contribution is -0.122. The maximum Gasteiger partial charge on any atom is 0.227 e. The number of rotatable bonds is 8. The van der Waals surface area contributed by atoms with Crippen molar-refractivity contribution in [1.82, 2.24) is 10.2 Å². The zero-order valence-electron chi connectivity index (χ0n) is 16.7. The lowest BCUT2D eigenvalue weighted by Crippen LogP contribution is -2.43. The predicted molar refractivity (Wildman–Crippen MR) is 118 cm³/mol. The van der Waals surface area contributed by atoms with Crippen LogP contribution in [0, 0.1) is 5.92 Å². The molecule has 0 bridgehead atoms. The van der Waals surface area contributed by atoms with E-state index in [2.05, 4.69) is 55.4 Å². The van der Waals surface area contributed by atoms with Gasteiger partial charge in [-0.15, -0.1) is 24.0 Å². The first-order valence-electron chi connectivity index (χ1n) is 9.62. The Morgan fingerprint density at radius 2 is 1.96 bits per heavy atom. The van der Waals surface area contributed by atoms with Gasteiger partial charge in [-0.1, -0.05) is 38.1 Å². The van der Waals surface area contributed by atoms with E-state index in [1.165, 1.54) is 5.56 Å². The van der Waals surface area contributed by atoms with Crippen molar-refractivity contribution >= 4 is 29.9 Å². The van der Waals surface area contributed by atoms with E-state index in [4.69, 9.17) is 4.74 Å². The van der Waals surface area contributed by atoms with Gasteiger partial charge in [-0.3, -0.25) is 9.69 Å². The summed E-state index contributed by atoms with van der Waals surface area (Å²) in [6, 6.07) is 8.97. The number of morpholine rings is 1. The fraction of sp³-hybridized carbons (Fsp3) is 0.667. The van der Waals surface area contributed by atoms with Gasteiger partial charge in [0.2, 0.25) is 5.91 Å². The molecular formula is C21H35IN2O2. The van der Waals surface area contributed by atoms with Crippen LogP contribution in [0.1, 0.15) is 50.7 Å². The lowest BCUT2D eigenvalue weighted by Gasteiger charge is -2.32. The van der Waals surface area contributed by atoms with E-state index in [0.29, 0.717) is 12.0 Å².